The van der Waals surface area contributed by atoms with Gasteiger partial charge in [-0.05, 0) is 18.8 Å². The zero-order chi connectivity index (χ0) is 8.85. The van der Waals surface area contributed by atoms with E-state index >= 15 is 0 Å². The van der Waals surface area contributed by atoms with Gasteiger partial charge in [-0.15, -0.1) is 0 Å². The Morgan fingerprint density at radius 2 is 1.82 bits per heavy atom. The van der Waals surface area contributed by atoms with Crippen LogP contribution in [0.2, 0.25) is 0 Å². The molecule has 0 aromatic rings. The highest BCUT2D eigenvalue weighted by Gasteiger charge is 2.20. The Morgan fingerprint density at radius 3 is 1.91 bits per heavy atom. The number of nitrogens with two attached hydrogens (primary N) is 1. The fraction of sp³-hybridized carbons (Fsp3) is 1.00. The molecular weight excluding hydrogens is 138 g/mol. The maximum Gasteiger partial charge on any atom is 0.0462 e. The Kier molecular flexibility index (Phi) is 5.51. The van der Waals surface area contributed by atoms with E-state index in [2.05, 4.69) is 13.8 Å². The monoisotopic (exact) mass is 159 g/mol. The van der Waals surface area contributed by atoms with Gasteiger partial charge in [0.2, 0.25) is 0 Å². The third-order valence-electron chi connectivity index (χ3n) is 2.51. The molecule has 3 atom stereocenters. The van der Waals surface area contributed by atoms with Crippen LogP contribution < -0.4 is 5.73 Å². The average molecular weight is 159 g/mol. The van der Waals surface area contributed by atoms with Crippen molar-refractivity contribution in [3.05, 3.63) is 0 Å². The van der Waals surface area contributed by atoms with Crippen LogP contribution in [0, 0.1) is 11.8 Å². The molecule has 0 fully saturated rings. The van der Waals surface area contributed by atoms with Gasteiger partial charge < -0.3 is 10.8 Å². The number of rotatable bonds is 5. The molecule has 11 heavy (non-hydrogen) atoms. The topological polar surface area (TPSA) is 46.2 Å². The molecule has 0 bridgehead atoms. The summed E-state index contributed by atoms with van der Waals surface area (Å²) in [4.78, 5) is 0. The van der Waals surface area contributed by atoms with E-state index in [1.165, 1.54) is 0 Å². The van der Waals surface area contributed by atoms with Crippen molar-refractivity contribution in [2.45, 2.75) is 39.7 Å². The van der Waals surface area contributed by atoms with Crippen molar-refractivity contribution in [3.63, 3.8) is 0 Å². The standard InChI is InChI=1S/C9H21NO/c1-4-8(6-11)9(5-2)7(3)10/h7-9,11H,4-6,10H2,1-3H3/t7-,8?,9+/m0/s1. The summed E-state index contributed by atoms with van der Waals surface area (Å²) in [5.74, 6) is 0.866. The lowest BCUT2D eigenvalue weighted by Gasteiger charge is -2.26. The fourth-order valence-electron chi connectivity index (χ4n) is 1.70. The molecular formula is C9H21NO. The van der Waals surface area contributed by atoms with Crippen LogP contribution in [0.3, 0.4) is 0 Å². The van der Waals surface area contributed by atoms with Crippen molar-refractivity contribution in [3.8, 4) is 0 Å². The van der Waals surface area contributed by atoms with Crippen LogP contribution in [-0.2, 0) is 0 Å². The molecule has 0 rings (SSSR count). The molecule has 2 nitrogen and oxygen atoms in total. The lowest BCUT2D eigenvalue weighted by molar-refractivity contribution is 0.154. The molecule has 0 saturated heterocycles. The van der Waals surface area contributed by atoms with Crippen molar-refractivity contribution in [2.24, 2.45) is 17.6 Å². The summed E-state index contributed by atoms with van der Waals surface area (Å²) in [5, 5.41) is 9.02. The molecule has 2 heteroatoms. The first-order valence-corrected chi connectivity index (χ1v) is 4.53. The van der Waals surface area contributed by atoms with E-state index in [4.69, 9.17) is 10.8 Å². The second-order valence-corrected chi connectivity index (χ2v) is 3.28. The van der Waals surface area contributed by atoms with E-state index < -0.39 is 0 Å². The third-order valence-corrected chi connectivity index (χ3v) is 2.51. The second-order valence-electron chi connectivity index (χ2n) is 3.28. The van der Waals surface area contributed by atoms with Crippen molar-refractivity contribution in [2.75, 3.05) is 6.61 Å². The SMILES string of the molecule is CCC(CO)[C@H](CC)[C@H](C)N. The highest BCUT2D eigenvalue weighted by Crippen LogP contribution is 2.21. The van der Waals surface area contributed by atoms with Gasteiger partial charge >= 0.3 is 0 Å². The predicted molar refractivity (Wildman–Crippen MR) is 48.3 cm³/mol. The number of aliphatic hydroxyl groups excluding tert-OH is 1. The third kappa shape index (κ3) is 3.21. The van der Waals surface area contributed by atoms with E-state index in [-0.39, 0.29) is 12.6 Å². The van der Waals surface area contributed by atoms with Gasteiger partial charge in [0.05, 0.1) is 0 Å². The Balaban J connectivity index is 3.98. The summed E-state index contributed by atoms with van der Waals surface area (Å²) in [6, 6.07) is 0.206. The second kappa shape index (κ2) is 5.56. The molecule has 68 valence electrons. The van der Waals surface area contributed by atoms with E-state index in [0.29, 0.717) is 11.8 Å². The van der Waals surface area contributed by atoms with Crippen LogP contribution in [-0.4, -0.2) is 17.8 Å². The van der Waals surface area contributed by atoms with Crippen LogP contribution in [0.4, 0.5) is 0 Å². The summed E-state index contributed by atoms with van der Waals surface area (Å²) in [6.07, 6.45) is 2.09. The van der Waals surface area contributed by atoms with Crippen LogP contribution in [0.25, 0.3) is 0 Å². The molecule has 0 aromatic heterocycles. The highest BCUT2D eigenvalue weighted by atomic mass is 16.3. The molecule has 3 N–H and O–H groups in total. The summed E-state index contributed by atoms with van der Waals surface area (Å²) in [5.41, 5.74) is 5.79. The molecule has 0 amide bonds. The summed E-state index contributed by atoms with van der Waals surface area (Å²) < 4.78 is 0. The number of hydrogen-bond acceptors (Lipinski definition) is 2. The maximum absolute atomic E-state index is 9.02. The first-order valence-electron chi connectivity index (χ1n) is 4.53. The largest absolute Gasteiger partial charge is 0.396 e. The van der Waals surface area contributed by atoms with Crippen LogP contribution in [0.15, 0.2) is 0 Å². The first-order chi connectivity index (χ1) is 5.17. The molecule has 0 aliphatic heterocycles. The average Bonchev–Trinajstić information content (AvgIpc) is 1.99. The molecule has 0 aliphatic rings. The van der Waals surface area contributed by atoms with Gasteiger partial charge in [-0.25, -0.2) is 0 Å². The van der Waals surface area contributed by atoms with E-state index in [1.807, 2.05) is 6.92 Å². The van der Waals surface area contributed by atoms with Gasteiger partial charge in [0.1, 0.15) is 0 Å². The van der Waals surface area contributed by atoms with E-state index in [9.17, 15) is 0 Å². The summed E-state index contributed by atoms with van der Waals surface area (Å²) >= 11 is 0. The minimum atomic E-state index is 0.206. The van der Waals surface area contributed by atoms with Gasteiger partial charge in [0.25, 0.3) is 0 Å². The highest BCUT2D eigenvalue weighted by molar-refractivity contribution is 4.74. The van der Waals surface area contributed by atoms with Crippen molar-refractivity contribution in [1.82, 2.24) is 0 Å². The molecule has 0 heterocycles. The summed E-state index contributed by atoms with van der Waals surface area (Å²) in [7, 11) is 0. The quantitative estimate of drug-likeness (QED) is 0.636. The normalized spacial score (nSPS) is 19.4. The predicted octanol–water partition coefficient (Wildman–Crippen LogP) is 1.38. The summed E-state index contributed by atoms with van der Waals surface area (Å²) in [6.45, 7) is 6.53. The van der Waals surface area contributed by atoms with E-state index in [0.717, 1.165) is 12.8 Å². The smallest absolute Gasteiger partial charge is 0.0462 e. The molecule has 0 spiro atoms. The molecule has 0 saturated carbocycles. The van der Waals surface area contributed by atoms with Gasteiger partial charge in [-0.3, -0.25) is 0 Å². The van der Waals surface area contributed by atoms with Crippen molar-refractivity contribution >= 4 is 0 Å². The van der Waals surface area contributed by atoms with E-state index in [1.54, 1.807) is 0 Å². The van der Waals surface area contributed by atoms with Crippen LogP contribution >= 0.6 is 0 Å². The molecule has 0 aliphatic carbocycles. The molecule has 1 unspecified atom stereocenters. The molecule has 0 aromatic carbocycles. The minimum absolute atomic E-state index is 0.206. The lowest BCUT2D eigenvalue weighted by Crippen LogP contribution is -2.33. The zero-order valence-electron chi connectivity index (χ0n) is 7.88. The Labute approximate surface area is 69.8 Å². The lowest BCUT2D eigenvalue weighted by atomic mass is 9.84. The van der Waals surface area contributed by atoms with Crippen molar-refractivity contribution in [1.29, 1.82) is 0 Å². The Morgan fingerprint density at radius 1 is 1.27 bits per heavy atom. The maximum atomic E-state index is 9.02. The fourth-order valence-corrected chi connectivity index (χ4v) is 1.70. The first kappa shape index (κ1) is 10.9. The van der Waals surface area contributed by atoms with Crippen molar-refractivity contribution < 1.29 is 5.11 Å². The minimum Gasteiger partial charge on any atom is -0.396 e. The van der Waals surface area contributed by atoms with Gasteiger partial charge in [0.15, 0.2) is 0 Å². The Hall–Kier alpha value is -0.0800. The number of aliphatic hydroxyl groups is 1. The van der Waals surface area contributed by atoms with Gasteiger partial charge in [0, 0.05) is 12.6 Å². The molecule has 0 radical (unpaired) electrons. The zero-order valence-corrected chi connectivity index (χ0v) is 7.88. The van der Waals surface area contributed by atoms with Crippen LogP contribution in [0.1, 0.15) is 33.6 Å². The van der Waals surface area contributed by atoms with Gasteiger partial charge in [-0.2, -0.15) is 0 Å². The number of hydrogen-bond donors (Lipinski definition) is 2. The van der Waals surface area contributed by atoms with Crippen LogP contribution in [0.5, 0.6) is 0 Å². The Bertz CT molecular complexity index is 89.6. The van der Waals surface area contributed by atoms with Gasteiger partial charge in [-0.1, -0.05) is 26.7 Å².